The number of hydrogen-bond acceptors (Lipinski definition) is 4. The van der Waals surface area contributed by atoms with Gasteiger partial charge in [0.2, 0.25) is 0 Å². The van der Waals surface area contributed by atoms with E-state index < -0.39 is 11.2 Å². The van der Waals surface area contributed by atoms with Crippen molar-refractivity contribution < 1.29 is 14.6 Å². The standard InChI is InChI=1S/C15H30N2O3/c1-6-15(5,19)11-16-12-7-9-17(10-8-12)13(18)20-14(2,3)4/h12,16,19H,6-11H2,1-5H3. The van der Waals surface area contributed by atoms with Crippen molar-refractivity contribution in [2.75, 3.05) is 19.6 Å². The molecule has 1 unspecified atom stereocenters. The van der Waals surface area contributed by atoms with E-state index >= 15 is 0 Å². The molecule has 118 valence electrons. The van der Waals surface area contributed by atoms with Crippen LogP contribution in [0.2, 0.25) is 0 Å². The number of likely N-dealkylation sites (tertiary alicyclic amines) is 1. The first-order chi connectivity index (χ1) is 9.13. The molecule has 1 amide bonds. The molecule has 0 radical (unpaired) electrons. The van der Waals surface area contributed by atoms with Crippen LogP contribution in [0.25, 0.3) is 0 Å². The summed E-state index contributed by atoms with van der Waals surface area (Å²) in [5, 5.41) is 13.4. The second kappa shape index (κ2) is 6.76. The van der Waals surface area contributed by atoms with Crippen LogP contribution in [0.1, 0.15) is 53.9 Å². The van der Waals surface area contributed by atoms with E-state index in [-0.39, 0.29) is 6.09 Å². The van der Waals surface area contributed by atoms with E-state index in [1.807, 2.05) is 34.6 Å². The van der Waals surface area contributed by atoms with Crippen LogP contribution in [0.4, 0.5) is 4.79 Å². The molecule has 1 heterocycles. The third-order valence-electron chi connectivity index (χ3n) is 3.68. The molecule has 20 heavy (non-hydrogen) atoms. The minimum absolute atomic E-state index is 0.225. The summed E-state index contributed by atoms with van der Waals surface area (Å²) < 4.78 is 5.37. The van der Waals surface area contributed by atoms with Crippen molar-refractivity contribution in [1.29, 1.82) is 0 Å². The summed E-state index contributed by atoms with van der Waals surface area (Å²) in [6, 6.07) is 0.367. The lowest BCUT2D eigenvalue weighted by atomic mass is 10.0. The minimum atomic E-state index is -0.650. The summed E-state index contributed by atoms with van der Waals surface area (Å²) >= 11 is 0. The van der Waals surface area contributed by atoms with Gasteiger partial charge in [-0.15, -0.1) is 0 Å². The van der Waals surface area contributed by atoms with Crippen molar-refractivity contribution in [3.8, 4) is 0 Å². The first-order valence-electron chi connectivity index (χ1n) is 7.56. The second-order valence-corrected chi connectivity index (χ2v) is 6.97. The fourth-order valence-corrected chi connectivity index (χ4v) is 2.08. The highest BCUT2D eigenvalue weighted by molar-refractivity contribution is 5.68. The number of amides is 1. The van der Waals surface area contributed by atoms with Gasteiger partial charge in [0.1, 0.15) is 5.60 Å². The highest BCUT2D eigenvalue weighted by atomic mass is 16.6. The third-order valence-corrected chi connectivity index (χ3v) is 3.68. The van der Waals surface area contributed by atoms with Crippen LogP contribution in [0.5, 0.6) is 0 Å². The van der Waals surface area contributed by atoms with Gasteiger partial charge in [-0.1, -0.05) is 6.92 Å². The molecule has 0 saturated carbocycles. The first-order valence-corrected chi connectivity index (χ1v) is 7.56. The Labute approximate surface area is 122 Å². The van der Waals surface area contributed by atoms with Crippen LogP contribution in [0, 0.1) is 0 Å². The molecule has 0 aromatic heterocycles. The van der Waals surface area contributed by atoms with Gasteiger partial charge < -0.3 is 20.1 Å². The van der Waals surface area contributed by atoms with Gasteiger partial charge in [-0.25, -0.2) is 4.79 Å². The third kappa shape index (κ3) is 6.09. The van der Waals surface area contributed by atoms with Gasteiger partial charge in [0, 0.05) is 25.7 Å². The predicted molar refractivity (Wildman–Crippen MR) is 79.7 cm³/mol. The number of piperidine rings is 1. The maximum absolute atomic E-state index is 11.9. The molecule has 1 atom stereocenters. The fraction of sp³-hybridized carbons (Fsp3) is 0.933. The van der Waals surface area contributed by atoms with Crippen LogP contribution in [-0.4, -0.2) is 53.0 Å². The number of rotatable bonds is 4. The summed E-state index contributed by atoms with van der Waals surface area (Å²) in [4.78, 5) is 13.7. The molecule has 1 saturated heterocycles. The molecule has 0 aliphatic carbocycles. The van der Waals surface area contributed by atoms with Crippen molar-refractivity contribution in [1.82, 2.24) is 10.2 Å². The minimum Gasteiger partial charge on any atom is -0.444 e. The van der Waals surface area contributed by atoms with Crippen LogP contribution in [0.15, 0.2) is 0 Å². The van der Waals surface area contributed by atoms with Gasteiger partial charge >= 0.3 is 6.09 Å². The Hall–Kier alpha value is -0.810. The van der Waals surface area contributed by atoms with Gasteiger partial charge in [-0.3, -0.25) is 0 Å². The lowest BCUT2D eigenvalue weighted by Gasteiger charge is -2.35. The Morgan fingerprint density at radius 1 is 1.30 bits per heavy atom. The number of hydrogen-bond donors (Lipinski definition) is 2. The molecule has 0 aromatic rings. The topological polar surface area (TPSA) is 61.8 Å². The molecule has 0 spiro atoms. The second-order valence-electron chi connectivity index (χ2n) is 6.97. The van der Waals surface area contributed by atoms with Gasteiger partial charge in [-0.2, -0.15) is 0 Å². The average molecular weight is 286 g/mol. The van der Waals surface area contributed by atoms with E-state index in [1.54, 1.807) is 4.90 Å². The number of aliphatic hydroxyl groups is 1. The van der Waals surface area contributed by atoms with Crippen molar-refractivity contribution in [2.45, 2.75) is 71.1 Å². The Balaban J connectivity index is 2.31. The molecule has 1 fully saturated rings. The molecular weight excluding hydrogens is 256 g/mol. The fourth-order valence-electron chi connectivity index (χ4n) is 2.08. The predicted octanol–water partition coefficient (Wildman–Crippen LogP) is 2.14. The molecule has 5 heteroatoms. The summed E-state index contributed by atoms with van der Waals surface area (Å²) in [6.07, 6.45) is 2.31. The lowest BCUT2D eigenvalue weighted by molar-refractivity contribution is 0.0174. The van der Waals surface area contributed by atoms with Gasteiger partial charge in [0.05, 0.1) is 5.60 Å². The normalized spacial score (nSPS) is 20.6. The van der Waals surface area contributed by atoms with E-state index in [2.05, 4.69) is 5.32 Å². The summed E-state index contributed by atoms with van der Waals surface area (Å²) in [6.45, 7) is 11.5. The molecule has 5 nitrogen and oxygen atoms in total. The molecule has 1 aliphatic rings. The van der Waals surface area contributed by atoms with Crippen molar-refractivity contribution in [3.63, 3.8) is 0 Å². The number of ether oxygens (including phenoxy) is 1. The van der Waals surface area contributed by atoms with Crippen LogP contribution >= 0.6 is 0 Å². The molecule has 2 N–H and O–H groups in total. The molecule has 0 bridgehead atoms. The smallest absolute Gasteiger partial charge is 0.410 e. The Kier molecular flexibility index (Phi) is 5.83. The van der Waals surface area contributed by atoms with Gasteiger partial charge in [-0.05, 0) is 47.0 Å². The molecule has 0 aromatic carbocycles. The van der Waals surface area contributed by atoms with E-state index in [1.165, 1.54) is 0 Å². The molecular formula is C15H30N2O3. The molecule has 1 rings (SSSR count). The summed E-state index contributed by atoms with van der Waals surface area (Å²) in [5.41, 5.74) is -1.09. The first kappa shape index (κ1) is 17.2. The summed E-state index contributed by atoms with van der Waals surface area (Å²) in [5.74, 6) is 0. The molecule has 1 aliphatic heterocycles. The Morgan fingerprint density at radius 2 is 1.85 bits per heavy atom. The number of nitrogens with zero attached hydrogens (tertiary/aromatic N) is 1. The largest absolute Gasteiger partial charge is 0.444 e. The van der Waals surface area contributed by atoms with Crippen molar-refractivity contribution in [3.05, 3.63) is 0 Å². The highest BCUT2D eigenvalue weighted by Crippen LogP contribution is 2.16. The maximum Gasteiger partial charge on any atom is 0.410 e. The Morgan fingerprint density at radius 3 is 2.30 bits per heavy atom. The van der Waals surface area contributed by atoms with E-state index in [0.29, 0.717) is 25.7 Å². The van der Waals surface area contributed by atoms with E-state index in [9.17, 15) is 9.90 Å². The van der Waals surface area contributed by atoms with E-state index in [0.717, 1.165) is 19.3 Å². The average Bonchev–Trinajstić information content (AvgIpc) is 2.35. The zero-order valence-electron chi connectivity index (χ0n) is 13.5. The monoisotopic (exact) mass is 286 g/mol. The zero-order valence-corrected chi connectivity index (χ0v) is 13.5. The quantitative estimate of drug-likeness (QED) is 0.831. The zero-order chi connectivity index (χ0) is 15.4. The van der Waals surface area contributed by atoms with Crippen LogP contribution in [-0.2, 0) is 4.74 Å². The van der Waals surface area contributed by atoms with Gasteiger partial charge in [0.25, 0.3) is 0 Å². The van der Waals surface area contributed by atoms with Crippen molar-refractivity contribution >= 4 is 6.09 Å². The lowest BCUT2D eigenvalue weighted by Crippen LogP contribution is -2.49. The number of nitrogens with one attached hydrogen (secondary N) is 1. The summed E-state index contributed by atoms with van der Waals surface area (Å²) in [7, 11) is 0. The maximum atomic E-state index is 11.9. The Bertz CT molecular complexity index is 316. The SMILES string of the molecule is CCC(C)(O)CNC1CCN(C(=O)OC(C)(C)C)CC1. The number of carbonyl (C=O) groups excluding carboxylic acids is 1. The van der Waals surface area contributed by atoms with Gasteiger partial charge in [0.15, 0.2) is 0 Å². The highest BCUT2D eigenvalue weighted by Gasteiger charge is 2.27. The number of carbonyl (C=O) groups is 1. The van der Waals surface area contributed by atoms with Crippen LogP contribution < -0.4 is 5.32 Å². The van der Waals surface area contributed by atoms with E-state index in [4.69, 9.17) is 4.74 Å². The van der Waals surface area contributed by atoms with Crippen LogP contribution in [0.3, 0.4) is 0 Å². The van der Waals surface area contributed by atoms with Crippen molar-refractivity contribution in [2.24, 2.45) is 0 Å².